The average molecular weight is 276 g/mol. The van der Waals surface area contributed by atoms with Crippen LogP contribution in [0.1, 0.15) is 38.1 Å². The Balaban J connectivity index is 2.36. The van der Waals surface area contributed by atoms with Gasteiger partial charge in [-0.3, -0.25) is 4.68 Å². The molecule has 0 aliphatic heterocycles. The van der Waals surface area contributed by atoms with E-state index in [2.05, 4.69) is 20.5 Å². The van der Waals surface area contributed by atoms with Crippen molar-refractivity contribution in [3.05, 3.63) is 23.8 Å². The lowest BCUT2D eigenvalue weighted by atomic mass is 10.2. The number of nitrogen functional groups attached to an aromatic ring is 1. The van der Waals surface area contributed by atoms with E-state index in [0.717, 1.165) is 12.1 Å². The van der Waals surface area contributed by atoms with E-state index in [9.17, 15) is 0 Å². The molecule has 2 aromatic rings. The Bertz CT molecular complexity index is 593. The van der Waals surface area contributed by atoms with Crippen molar-refractivity contribution in [3.8, 4) is 11.6 Å². The van der Waals surface area contributed by atoms with Gasteiger partial charge in [0.05, 0.1) is 18.0 Å². The van der Waals surface area contributed by atoms with Crippen molar-refractivity contribution >= 4 is 5.82 Å². The van der Waals surface area contributed by atoms with Crippen molar-refractivity contribution in [1.82, 2.24) is 19.7 Å². The first-order valence-corrected chi connectivity index (χ1v) is 6.60. The fraction of sp³-hybridized carbons (Fsp3) is 0.462. The first-order valence-electron chi connectivity index (χ1n) is 6.60. The van der Waals surface area contributed by atoms with Crippen LogP contribution in [0.5, 0.6) is 11.6 Å². The molecule has 0 unspecified atom stereocenters. The lowest BCUT2D eigenvalue weighted by molar-refractivity contribution is 0.452. The van der Waals surface area contributed by atoms with Gasteiger partial charge in [-0.25, -0.2) is 10.8 Å². The lowest BCUT2D eigenvalue weighted by Gasteiger charge is -2.13. The van der Waals surface area contributed by atoms with Gasteiger partial charge in [0.25, 0.3) is 0 Å². The number of hydrogen-bond acceptors (Lipinski definition) is 6. The van der Waals surface area contributed by atoms with E-state index in [0.29, 0.717) is 23.3 Å². The lowest BCUT2D eigenvalue weighted by Crippen LogP contribution is -2.13. The maximum atomic E-state index is 5.79. The largest absolute Gasteiger partial charge is 0.435 e. The minimum atomic E-state index is 0.184. The number of hydrogen-bond donors (Lipinski definition) is 2. The van der Waals surface area contributed by atoms with Crippen LogP contribution in [0.25, 0.3) is 0 Å². The summed E-state index contributed by atoms with van der Waals surface area (Å²) in [5.41, 5.74) is 3.35. The molecule has 7 heteroatoms. The molecule has 0 aliphatic carbocycles. The number of nitrogens with one attached hydrogen (secondary N) is 1. The number of rotatable bonds is 5. The van der Waals surface area contributed by atoms with E-state index in [1.54, 1.807) is 10.9 Å². The molecule has 0 bridgehead atoms. The third-order valence-electron chi connectivity index (χ3n) is 2.92. The summed E-state index contributed by atoms with van der Waals surface area (Å²) in [5.74, 6) is 8.07. The van der Waals surface area contributed by atoms with E-state index >= 15 is 0 Å². The maximum absolute atomic E-state index is 5.79. The number of nitrogens with two attached hydrogens (primary N) is 1. The van der Waals surface area contributed by atoms with Crippen LogP contribution in [0.2, 0.25) is 0 Å². The molecule has 7 nitrogen and oxygen atoms in total. The Morgan fingerprint density at radius 1 is 1.40 bits per heavy atom. The highest BCUT2D eigenvalue weighted by atomic mass is 16.5. The Morgan fingerprint density at radius 2 is 2.15 bits per heavy atom. The summed E-state index contributed by atoms with van der Waals surface area (Å²) in [7, 11) is 0. The van der Waals surface area contributed by atoms with Crippen LogP contribution >= 0.6 is 0 Å². The molecule has 0 aromatic carbocycles. The van der Waals surface area contributed by atoms with Crippen LogP contribution < -0.4 is 16.0 Å². The Labute approximate surface area is 118 Å². The van der Waals surface area contributed by atoms with Gasteiger partial charge in [0.2, 0.25) is 5.88 Å². The quantitative estimate of drug-likeness (QED) is 0.642. The Morgan fingerprint density at radius 3 is 2.70 bits per heavy atom. The van der Waals surface area contributed by atoms with E-state index < -0.39 is 0 Å². The molecular formula is C13H20N6O. The zero-order chi connectivity index (χ0) is 14.7. The Kier molecular flexibility index (Phi) is 4.19. The van der Waals surface area contributed by atoms with Gasteiger partial charge in [-0.1, -0.05) is 13.8 Å². The van der Waals surface area contributed by atoms with Gasteiger partial charge in [-0.2, -0.15) is 10.1 Å². The second-order valence-electron chi connectivity index (χ2n) is 4.79. The van der Waals surface area contributed by atoms with Crippen molar-refractivity contribution in [1.29, 1.82) is 0 Å². The summed E-state index contributed by atoms with van der Waals surface area (Å²) in [4.78, 5) is 8.81. The molecule has 0 amide bonds. The minimum absolute atomic E-state index is 0.184. The molecule has 108 valence electrons. The number of aromatic nitrogens is 4. The number of anilines is 1. The minimum Gasteiger partial charge on any atom is -0.435 e. The monoisotopic (exact) mass is 276 g/mol. The van der Waals surface area contributed by atoms with E-state index in [4.69, 9.17) is 10.6 Å². The summed E-state index contributed by atoms with van der Waals surface area (Å²) in [6.07, 6.45) is 3.49. The van der Waals surface area contributed by atoms with Crippen LogP contribution in [0.15, 0.2) is 12.4 Å². The van der Waals surface area contributed by atoms with Gasteiger partial charge in [0.15, 0.2) is 11.6 Å². The number of nitrogens with zero attached hydrogens (tertiary/aromatic N) is 4. The molecule has 3 N–H and O–H groups in total. The fourth-order valence-corrected chi connectivity index (χ4v) is 1.69. The number of ether oxygens (including phenoxy) is 1. The smallest absolute Gasteiger partial charge is 0.227 e. The summed E-state index contributed by atoms with van der Waals surface area (Å²) in [5, 5.41) is 4.17. The van der Waals surface area contributed by atoms with Crippen LogP contribution in [-0.4, -0.2) is 19.7 Å². The summed E-state index contributed by atoms with van der Waals surface area (Å²) < 4.78 is 7.58. The van der Waals surface area contributed by atoms with Gasteiger partial charge in [-0.15, -0.1) is 0 Å². The highest BCUT2D eigenvalue weighted by Crippen LogP contribution is 2.28. The van der Waals surface area contributed by atoms with E-state index in [-0.39, 0.29) is 5.92 Å². The van der Waals surface area contributed by atoms with Crippen molar-refractivity contribution < 1.29 is 4.74 Å². The molecule has 0 saturated carbocycles. The van der Waals surface area contributed by atoms with Crippen molar-refractivity contribution in [2.24, 2.45) is 5.84 Å². The molecule has 2 aromatic heterocycles. The molecule has 0 spiro atoms. The highest BCUT2D eigenvalue weighted by Gasteiger charge is 2.14. The summed E-state index contributed by atoms with van der Waals surface area (Å²) >= 11 is 0. The van der Waals surface area contributed by atoms with Crippen LogP contribution in [0, 0.1) is 6.92 Å². The van der Waals surface area contributed by atoms with E-state index in [1.165, 1.54) is 0 Å². The van der Waals surface area contributed by atoms with Gasteiger partial charge >= 0.3 is 0 Å². The fourth-order valence-electron chi connectivity index (χ4n) is 1.69. The maximum Gasteiger partial charge on any atom is 0.227 e. The van der Waals surface area contributed by atoms with Crippen molar-refractivity contribution in [3.63, 3.8) is 0 Å². The first-order chi connectivity index (χ1) is 9.55. The number of hydrazine groups is 1. The SMILES string of the molecule is CCn1cc(Oc2nc(C(C)C)nc(NN)c2C)cn1. The molecular weight excluding hydrogens is 256 g/mol. The van der Waals surface area contributed by atoms with Gasteiger partial charge in [0.1, 0.15) is 5.82 Å². The first kappa shape index (κ1) is 14.3. The third kappa shape index (κ3) is 2.88. The normalized spacial score (nSPS) is 10.9. The highest BCUT2D eigenvalue weighted by molar-refractivity contribution is 5.48. The topological polar surface area (TPSA) is 90.9 Å². The number of aryl methyl sites for hydroxylation is 1. The van der Waals surface area contributed by atoms with Crippen molar-refractivity contribution in [2.75, 3.05) is 5.43 Å². The molecule has 2 heterocycles. The summed E-state index contributed by atoms with van der Waals surface area (Å²) in [6.45, 7) is 8.70. The van der Waals surface area contributed by atoms with Crippen molar-refractivity contribution in [2.45, 2.75) is 40.2 Å². The second-order valence-corrected chi connectivity index (χ2v) is 4.79. The molecule has 20 heavy (non-hydrogen) atoms. The zero-order valence-corrected chi connectivity index (χ0v) is 12.2. The molecule has 0 atom stereocenters. The van der Waals surface area contributed by atoms with Crippen LogP contribution in [0.4, 0.5) is 5.82 Å². The average Bonchev–Trinajstić information content (AvgIpc) is 2.88. The van der Waals surface area contributed by atoms with Gasteiger partial charge in [0, 0.05) is 12.5 Å². The van der Waals surface area contributed by atoms with E-state index in [1.807, 2.05) is 33.9 Å². The third-order valence-corrected chi connectivity index (χ3v) is 2.92. The summed E-state index contributed by atoms with van der Waals surface area (Å²) in [6, 6.07) is 0. The molecule has 0 radical (unpaired) electrons. The predicted octanol–water partition coefficient (Wildman–Crippen LogP) is 2.20. The molecule has 0 saturated heterocycles. The zero-order valence-electron chi connectivity index (χ0n) is 12.2. The van der Waals surface area contributed by atoms with Crippen LogP contribution in [-0.2, 0) is 6.54 Å². The molecule has 0 aliphatic rings. The molecule has 2 rings (SSSR count). The Hall–Kier alpha value is -2.15. The predicted molar refractivity (Wildman–Crippen MR) is 76.6 cm³/mol. The second kappa shape index (κ2) is 5.87. The van der Waals surface area contributed by atoms with Gasteiger partial charge in [-0.05, 0) is 13.8 Å². The van der Waals surface area contributed by atoms with Gasteiger partial charge < -0.3 is 10.2 Å². The molecule has 0 fully saturated rings. The van der Waals surface area contributed by atoms with Crippen LogP contribution in [0.3, 0.4) is 0 Å². The standard InChI is InChI=1S/C13H20N6O/c1-5-19-7-10(6-15-19)20-13-9(4)12(18-14)16-11(17-13)8(2)3/h6-8H,5,14H2,1-4H3,(H,16,17,18).